The van der Waals surface area contributed by atoms with Gasteiger partial charge in [-0.1, -0.05) is 18.2 Å². The Morgan fingerprint density at radius 2 is 1.95 bits per heavy atom. The molecule has 0 spiro atoms. The minimum Gasteiger partial charge on any atom is -0.492 e. The number of aldehydes is 1. The minimum atomic E-state index is 0.465. The van der Waals surface area contributed by atoms with Crippen molar-refractivity contribution >= 4 is 18.0 Å². The predicted octanol–water partition coefficient (Wildman–Crippen LogP) is 4.21. The smallest absolute Gasteiger partial charge is 0.150 e. The molecule has 3 rings (SSSR count). The fourth-order valence-electron chi connectivity index (χ4n) is 2.80. The Balaban J connectivity index is 1.68. The highest BCUT2D eigenvalue weighted by molar-refractivity contribution is 8.00. The van der Waals surface area contributed by atoms with Gasteiger partial charge in [0.15, 0.2) is 0 Å². The van der Waals surface area contributed by atoms with E-state index in [0.717, 1.165) is 29.6 Å². The van der Waals surface area contributed by atoms with E-state index in [0.29, 0.717) is 17.4 Å². The lowest BCUT2D eigenvalue weighted by Crippen LogP contribution is -2.14. The molecule has 108 valence electrons. The average molecular weight is 298 g/mol. The van der Waals surface area contributed by atoms with Gasteiger partial charge >= 0.3 is 0 Å². The molecule has 0 fully saturated rings. The molecule has 1 heterocycles. The summed E-state index contributed by atoms with van der Waals surface area (Å²) >= 11 is 1.89. The van der Waals surface area contributed by atoms with Crippen LogP contribution in [0.4, 0.5) is 0 Å². The Hall–Kier alpha value is -1.74. The van der Waals surface area contributed by atoms with Gasteiger partial charge in [-0.25, -0.2) is 0 Å². The maximum absolute atomic E-state index is 10.9. The maximum atomic E-state index is 10.9. The molecular formula is C18H18O2S. The van der Waals surface area contributed by atoms with Gasteiger partial charge in [-0.3, -0.25) is 4.79 Å². The van der Waals surface area contributed by atoms with Gasteiger partial charge < -0.3 is 4.74 Å². The van der Waals surface area contributed by atoms with Crippen LogP contribution < -0.4 is 4.74 Å². The van der Waals surface area contributed by atoms with Crippen molar-refractivity contribution < 1.29 is 9.53 Å². The van der Waals surface area contributed by atoms with Crippen molar-refractivity contribution in [3.63, 3.8) is 0 Å². The first kappa shape index (κ1) is 14.2. The van der Waals surface area contributed by atoms with E-state index in [1.165, 1.54) is 10.5 Å². The van der Waals surface area contributed by atoms with E-state index < -0.39 is 0 Å². The van der Waals surface area contributed by atoms with Gasteiger partial charge in [-0.05, 0) is 55.2 Å². The summed E-state index contributed by atoms with van der Waals surface area (Å²) in [6, 6.07) is 12.3. The molecule has 0 bridgehead atoms. The second-order valence-corrected chi connectivity index (χ2v) is 6.81. The normalized spacial score (nSPS) is 16.6. The standard InChI is InChI=1S/C18H18O2S/c1-12-7-14(10-19)8-13(2)18(12)20-11-16-9-15-5-3-4-6-17(15)21-16/h3-8,10,16H,9,11H2,1-2H3. The predicted molar refractivity (Wildman–Crippen MR) is 86.6 cm³/mol. The van der Waals surface area contributed by atoms with Crippen molar-refractivity contribution in [2.24, 2.45) is 0 Å². The molecule has 0 N–H and O–H groups in total. The van der Waals surface area contributed by atoms with Crippen LogP contribution in [0.15, 0.2) is 41.3 Å². The van der Waals surface area contributed by atoms with Gasteiger partial charge in [0.1, 0.15) is 18.6 Å². The minimum absolute atomic E-state index is 0.465. The zero-order valence-corrected chi connectivity index (χ0v) is 13.1. The summed E-state index contributed by atoms with van der Waals surface area (Å²) in [5, 5.41) is 0.465. The Morgan fingerprint density at radius 3 is 2.62 bits per heavy atom. The largest absolute Gasteiger partial charge is 0.492 e. The van der Waals surface area contributed by atoms with Gasteiger partial charge in [-0.15, -0.1) is 11.8 Å². The highest BCUT2D eigenvalue weighted by Crippen LogP contribution is 2.37. The van der Waals surface area contributed by atoms with Crippen LogP contribution in [0, 0.1) is 13.8 Å². The number of benzene rings is 2. The first-order valence-corrected chi connectivity index (χ1v) is 7.99. The van der Waals surface area contributed by atoms with Crippen molar-refractivity contribution in [2.75, 3.05) is 6.61 Å². The molecule has 0 amide bonds. The number of rotatable bonds is 4. The molecule has 0 aliphatic carbocycles. The molecule has 1 atom stereocenters. The van der Waals surface area contributed by atoms with Gasteiger partial charge in [0.2, 0.25) is 0 Å². The molecule has 1 unspecified atom stereocenters. The molecule has 0 saturated carbocycles. The summed E-state index contributed by atoms with van der Waals surface area (Å²) in [7, 11) is 0. The van der Waals surface area contributed by atoms with Crippen molar-refractivity contribution in [3.8, 4) is 5.75 Å². The summed E-state index contributed by atoms with van der Waals surface area (Å²) in [4.78, 5) is 12.2. The van der Waals surface area contributed by atoms with E-state index >= 15 is 0 Å². The maximum Gasteiger partial charge on any atom is 0.150 e. The van der Waals surface area contributed by atoms with Crippen LogP contribution in [0.5, 0.6) is 5.75 Å². The lowest BCUT2D eigenvalue weighted by Gasteiger charge is -2.15. The average Bonchev–Trinajstić information content (AvgIpc) is 2.88. The van der Waals surface area contributed by atoms with E-state index in [-0.39, 0.29) is 0 Å². The van der Waals surface area contributed by atoms with Crippen LogP contribution in [0.2, 0.25) is 0 Å². The monoisotopic (exact) mass is 298 g/mol. The van der Waals surface area contributed by atoms with E-state index in [2.05, 4.69) is 24.3 Å². The number of hydrogen-bond donors (Lipinski definition) is 0. The van der Waals surface area contributed by atoms with E-state index in [9.17, 15) is 4.79 Å². The Kier molecular flexibility index (Phi) is 4.02. The molecule has 21 heavy (non-hydrogen) atoms. The van der Waals surface area contributed by atoms with E-state index in [4.69, 9.17) is 4.74 Å². The zero-order chi connectivity index (χ0) is 14.8. The summed E-state index contributed by atoms with van der Waals surface area (Å²) < 4.78 is 6.05. The van der Waals surface area contributed by atoms with Crippen molar-refractivity contribution in [1.29, 1.82) is 0 Å². The number of ether oxygens (including phenoxy) is 1. The number of thioether (sulfide) groups is 1. The van der Waals surface area contributed by atoms with Gasteiger partial charge in [0.05, 0.1) is 0 Å². The Labute approximate surface area is 129 Å². The Morgan fingerprint density at radius 1 is 1.24 bits per heavy atom. The third kappa shape index (κ3) is 2.98. The molecule has 1 aliphatic heterocycles. The fourth-order valence-corrected chi connectivity index (χ4v) is 4.02. The van der Waals surface area contributed by atoms with Gasteiger partial charge in [0.25, 0.3) is 0 Å². The van der Waals surface area contributed by atoms with Crippen LogP contribution >= 0.6 is 11.8 Å². The molecule has 2 aromatic carbocycles. The number of aryl methyl sites for hydroxylation is 2. The molecular weight excluding hydrogens is 280 g/mol. The molecule has 0 radical (unpaired) electrons. The number of carbonyl (C=O) groups excluding carboxylic acids is 1. The lowest BCUT2D eigenvalue weighted by atomic mass is 10.1. The zero-order valence-electron chi connectivity index (χ0n) is 12.3. The summed E-state index contributed by atoms with van der Waals surface area (Å²) in [5.41, 5.74) is 4.18. The number of fused-ring (bicyclic) bond motifs is 1. The quantitative estimate of drug-likeness (QED) is 0.791. The molecule has 0 aromatic heterocycles. The third-order valence-electron chi connectivity index (χ3n) is 3.75. The SMILES string of the molecule is Cc1cc(C=O)cc(C)c1OCC1Cc2ccccc2S1. The number of hydrogen-bond acceptors (Lipinski definition) is 3. The molecule has 3 heteroatoms. The summed E-state index contributed by atoms with van der Waals surface area (Å²) in [5.74, 6) is 0.914. The van der Waals surface area contributed by atoms with E-state index in [1.807, 2.05) is 37.7 Å². The van der Waals surface area contributed by atoms with Gasteiger partial charge in [-0.2, -0.15) is 0 Å². The highest BCUT2D eigenvalue weighted by atomic mass is 32.2. The topological polar surface area (TPSA) is 26.3 Å². The fraction of sp³-hybridized carbons (Fsp3) is 0.278. The summed E-state index contributed by atoms with van der Waals surface area (Å²) in [6.07, 6.45) is 1.94. The van der Waals surface area contributed by atoms with Crippen molar-refractivity contribution in [1.82, 2.24) is 0 Å². The Bertz CT molecular complexity index is 631. The van der Waals surface area contributed by atoms with Crippen LogP contribution in [-0.4, -0.2) is 18.1 Å². The van der Waals surface area contributed by atoms with Crippen molar-refractivity contribution in [3.05, 3.63) is 58.7 Å². The molecule has 2 nitrogen and oxygen atoms in total. The van der Waals surface area contributed by atoms with Crippen LogP contribution in [0.3, 0.4) is 0 Å². The first-order chi connectivity index (χ1) is 10.2. The van der Waals surface area contributed by atoms with Crippen molar-refractivity contribution in [2.45, 2.75) is 30.4 Å². The third-order valence-corrected chi connectivity index (χ3v) is 5.03. The van der Waals surface area contributed by atoms with Crippen LogP contribution in [-0.2, 0) is 6.42 Å². The highest BCUT2D eigenvalue weighted by Gasteiger charge is 2.22. The summed E-state index contributed by atoms with van der Waals surface area (Å²) in [6.45, 7) is 4.68. The molecule has 2 aromatic rings. The second kappa shape index (κ2) is 5.94. The van der Waals surface area contributed by atoms with Crippen LogP contribution in [0.1, 0.15) is 27.0 Å². The molecule has 0 saturated heterocycles. The van der Waals surface area contributed by atoms with Gasteiger partial charge in [0, 0.05) is 15.7 Å². The second-order valence-electron chi connectivity index (χ2n) is 5.46. The lowest BCUT2D eigenvalue weighted by molar-refractivity contribution is 0.112. The number of carbonyl (C=O) groups is 1. The first-order valence-electron chi connectivity index (χ1n) is 7.11. The van der Waals surface area contributed by atoms with Crippen LogP contribution in [0.25, 0.3) is 0 Å². The van der Waals surface area contributed by atoms with E-state index in [1.54, 1.807) is 0 Å². The molecule has 1 aliphatic rings.